The Morgan fingerprint density at radius 1 is 1.02 bits per heavy atom. The van der Waals surface area contributed by atoms with Crippen LogP contribution in [0.4, 0.5) is 24.5 Å². The van der Waals surface area contributed by atoms with Crippen molar-refractivity contribution in [1.82, 2.24) is 29.4 Å². The molecule has 1 aromatic carbocycles. The average molecular weight is 697 g/mol. The zero-order valence-corrected chi connectivity index (χ0v) is 27.7. The summed E-state index contributed by atoms with van der Waals surface area (Å²) in [7, 11) is 0. The number of aromatic hydroxyl groups is 1. The van der Waals surface area contributed by atoms with E-state index in [2.05, 4.69) is 20.3 Å². The molecule has 1 aliphatic carbocycles. The van der Waals surface area contributed by atoms with E-state index in [9.17, 15) is 32.7 Å². The summed E-state index contributed by atoms with van der Waals surface area (Å²) in [4.78, 5) is 63.0. The van der Waals surface area contributed by atoms with Crippen LogP contribution in [-0.4, -0.2) is 71.5 Å². The summed E-state index contributed by atoms with van der Waals surface area (Å²) in [6.45, 7) is 7.55. The molecule has 7 rings (SSSR count). The van der Waals surface area contributed by atoms with E-state index in [4.69, 9.17) is 16.6 Å². The Hall–Kier alpha value is -4.79. The number of anilines is 2. The number of aryl methyl sites for hydroxylation is 3. The number of hydrogen-bond acceptors (Lipinski definition) is 9. The summed E-state index contributed by atoms with van der Waals surface area (Å²) < 4.78 is 41.5. The number of rotatable bonds is 4. The Balaban J connectivity index is 1.29. The number of hydrogen-bond donors (Lipinski definition) is 2. The molecule has 2 aliphatic heterocycles. The van der Waals surface area contributed by atoms with Crippen molar-refractivity contribution >= 4 is 46.0 Å². The van der Waals surface area contributed by atoms with E-state index in [1.54, 1.807) is 30.2 Å². The number of piperazine rings is 1. The molecule has 12 nitrogen and oxygen atoms in total. The maximum atomic E-state index is 14.4. The van der Waals surface area contributed by atoms with E-state index < -0.39 is 29.6 Å². The SMILES string of the molecule is Cc1nc2c(=O)c(N3CCN(C(=O)c4ncnc(C)c4O)[C@H]4CC[C@@H]43)c3n(c2nc1C)[C@H](C(=O)Nc1ccc(C(F)(F)F)cc1Cl)C[C@H]3C. The highest BCUT2D eigenvalue weighted by atomic mass is 35.5. The molecule has 2 amide bonds. The molecule has 0 bridgehead atoms. The second-order valence-electron chi connectivity index (χ2n) is 12.9. The summed E-state index contributed by atoms with van der Waals surface area (Å²) in [5.74, 6) is -1.51. The molecule has 0 radical (unpaired) electrons. The Morgan fingerprint density at radius 3 is 2.41 bits per heavy atom. The number of halogens is 4. The fraction of sp³-hybridized carbons (Fsp3) is 0.424. The molecule has 1 saturated heterocycles. The summed E-state index contributed by atoms with van der Waals surface area (Å²) in [6, 6.07) is 1.37. The highest BCUT2D eigenvalue weighted by Crippen LogP contribution is 2.46. The van der Waals surface area contributed by atoms with Crippen molar-refractivity contribution in [3.63, 3.8) is 0 Å². The number of nitrogens with zero attached hydrogens (tertiary/aromatic N) is 7. The number of fused-ring (bicyclic) bond motifs is 4. The number of carbonyl (C=O) groups excluding carboxylic acids is 2. The van der Waals surface area contributed by atoms with Gasteiger partial charge in [0, 0.05) is 25.0 Å². The van der Waals surface area contributed by atoms with Crippen molar-refractivity contribution in [3.8, 4) is 5.75 Å². The number of nitrogens with one attached hydrogen (secondary N) is 1. The third-order valence-corrected chi connectivity index (χ3v) is 10.3. The first-order valence-corrected chi connectivity index (χ1v) is 16.2. The van der Waals surface area contributed by atoms with Gasteiger partial charge in [-0.3, -0.25) is 14.4 Å². The predicted molar refractivity (Wildman–Crippen MR) is 174 cm³/mol. The second kappa shape index (κ2) is 11.7. The van der Waals surface area contributed by atoms with E-state index in [1.807, 2.05) is 11.8 Å². The van der Waals surface area contributed by atoms with Crippen molar-refractivity contribution < 1.29 is 27.9 Å². The summed E-state index contributed by atoms with van der Waals surface area (Å²) in [6.07, 6.45) is -1.70. The van der Waals surface area contributed by atoms with Gasteiger partial charge in [0.1, 0.15) is 18.1 Å². The molecule has 2 fully saturated rings. The number of pyridine rings is 1. The fourth-order valence-electron chi connectivity index (χ4n) is 7.25. The van der Waals surface area contributed by atoms with Gasteiger partial charge in [-0.15, -0.1) is 0 Å². The molecule has 3 aliphatic rings. The first kappa shape index (κ1) is 32.7. The molecule has 49 heavy (non-hydrogen) atoms. The normalized spacial score (nSPS) is 21.7. The van der Waals surface area contributed by atoms with Crippen LogP contribution in [0.5, 0.6) is 5.75 Å². The number of benzene rings is 1. The van der Waals surface area contributed by atoms with Gasteiger partial charge in [0.05, 0.1) is 45.1 Å². The van der Waals surface area contributed by atoms with E-state index >= 15 is 0 Å². The lowest BCUT2D eigenvalue weighted by molar-refractivity contribution is -0.137. The van der Waals surface area contributed by atoms with Crippen LogP contribution < -0.4 is 15.6 Å². The highest BCUT2D eigenvalue weighted by Gasteiger charge is 2.49. The Bertz CT molecular complexity index is 2120. The quantitative estimate of drug-likeness (QED) is 0.299. The van der Waals surface area contributed by atoms with E-state index in [0.29, 0.717) is 47.8 Å². The van der Waals surface area contributed by atoms with Crippen LogP contribution in [0.15, 0.2) is 29.3 Å². The second-order valence-corrected chi connectivity index (χ2v) is 13.3. The van der Waals surface area contributed by atoms with Gasteiger partial charge in [-0.2, -0.15) is 13.2 Å². The van der Waals surface area contributed by atoms with Crippen LogP contribution in [0, 0.1) is 20.8 Å². The van der Waals surface area contributed by atoms with Crippen LogP contribution in [0.2, 0.25) is 5.02 Å². The van der Waals surface area contributed by atoms with Crippen molar-refractivity contribution in [2.75, 3.05) is 23.3 Å². The number of carbonyl (C=O) groups is 2. The van der Waals surface area contributed by atoms with Gasteiger partial charge in [-0.05, 0) is 58.2 Å². The average Bonchev–Trinajstić information content (AvgIpc) is 3.37. The molecule has 3 aromatic heterocycles. The van der Waals surface area contributed by atoms with Gasteiger partial charge in [0.2, 0.25) is 11.3 Å². The van der Waals surface area contributed by atoms with Crippen LogP contribution in [-0.2, 0) is 11.0 Å². The largest absolute Gasteiger partial charge is 0.504 e. The number of aromatic nitrogens is 5. The van der Waals surface area contributed by atoms with Gasteiger partial charge in [0.15, 0.2) is 22.6 Å². The fourth-order valence-corrected chi connectivity index (χ4v) is 7.47. The molecular weight excluding hydrogens is 665 g/mol. The van der Waals surface area contributed by atoms with Gasteiger partial charge in [-0.1, -0.05) is 18.5 Å². The number of amides is 2. The molecule has 4 aromatic rings. The molecule has 4 atom stereocenters. The zero-order valence-electron chi connectivity index (χ0n) is 27.0. The monoisotopic (exact) mass is 696 g/mol. The molecule has 256 valence electrons. The molecule has 1 saturated carbocycles. The minimum Gasteiger partial charge on any atom is -0.504 e. The Kier molecular flexibility index (Phi) is 7.80. The third-order valence-electron chi connectivity index (χ3n) is 10.0. The predicted octanol–water partition coefficient (Wildman–Crippen LogP) is 5.06. The van der Waals surface area contributed by atoms with Crippen LogP contribution in [0.25, 0.3) is 11.2 Å². The van der Waals surface area contributed by atoms with Crippen molar-refractivity contribution in [2.24, 2.45) is 0 Å². The maximum absolute atomic E-state index is 14.4. The summed E-state index contributed by atoms with van der Waals surface area (Å²) in [5, 5.41) is 12.9. The molecule has 2 N–H and O–H groups in total. The minimum absolute atomic E-state index is 0.0208. The Morgan fingerprint density at radius 2 is 1.73 bits per heavy atom. The molecular formula is C33H32ClF3N8O4. The van der Waals surface area contributed by atoms with Crippen LogP contribution in [0.3, 0.4) is 0 Å². The Labute approximate surface area is 283 Å². The van der Waals surface area contributed by atoms with E-state index in [-0.39, 0.29) is 69.7 Å². The summed E-state index contributed by atoms with van der Waals surface area (Å²) >= 11 is 6.18. The van der Waals surface area contributed by atoms with Crippen molar-refractivity contribution in [2.45, 2.75) is 77.2 Å². The van der Waals surface area contributed by atoms with Crippen molar-refractivity contribution in [1.29, 1.82) is 0 Å². The lowest BCUT2D eigenvalue weighted by atomic mass is 9.81. The smallest absolute Gasteiger partial charge is 0.416 e. The first-order valence-electron chi connectivity index (χ1n) is 15.9. The van der Waals surface area contributed by atoms with Crippen LogP contribution in [0.1, 0.15) is 77.0 Å². The first-order chi connectivity index (χ1) is 23.2. The topological polar surface area (TPSA) is 146 Å². The summed E-state index contributed by atoms with van der Waals surface area (Å²) in [5.41, 5.74) is 1.43. The lowest BCUT2D eigenvalue weighted by Gasteiger charge is -2.54. The van der Waals surface area contributed by atoms with E-state index in [0.717, 1.165) is 18.2 Å². The highest BCUT2D eigenvalue weighted by molar-refractivity contribution is 6.33. The van der Waals surface area contributed by atoms with Crippen LogP contribution >= 0.6 is 11.6 Å². The van der Waals surface area contributed by atoms with Gasteiger partial charge in [-0.25, -0.2) is 19.9 Å². The molecule has 0 spiro atoms. The lowest BCUT2D eigenvalue weighted by Crippen LogP contribution is -2.67. The molecule has 0 unspecified atom stereocenters. The zero-order chi connectivity index (χ0) is 35.1. The van der Waals surface area contributed by atoms with Gasteiger partial charge < -0.3 is 24.8 Å². The van der Waals surface area contributed by atoms with Crippen molar-refractivity contribution in [3.05, 3.63) is 73.8 Å². The van der Waals surface area contributed by atoms with Gasteiger partial charge >= 0.3 is 6.18 Å². The third kappa shape index (κ3) is 5.25. The molecule has 5 heterocycles. The molecule has 16 heteroatoms. The number of alkyl halides is 3. The van der Waals surface area contributed by atoms with E-state index in [1.165, 1.54) is 6.33 Å². The minimum atomic E-state index is -4.60. The van der Waals surface area contributed by atoms with Gasteiger partial charge in [0.25, 0.3) is 5.91 Å². The standard InChI is InChI=1S/C33H32ClF3N8O4/c1-14-11-23(31(48)42-20-6-5-18(12-19(20)34)33(35,36)37)45-26(14)27(29(47)24-30(45)41-16(3)15(2)40-24)43-9-10-44(22-8-7-21(22)43)32(49)25-28(46)17(4)38-13-39-25/h5-6,12-14,21-23,46H,7-11H2,1-4H3,(H,42,48)/t14-,21+,22+,23+/m1/s1. The maximum Gasteiger partial charge on any atom is 0.416 e.